The molecule has 2 N–H and O–H groups in total. The molecule has 1 aliphatic carbocycles. The number of benzodiazepines with no additional fused rings is 1. The van der Waals surface area contributed by atoms with Crippen LogP contribution in [0.4, 0.5) is 11.7 Å². The van der Waals surface area contributed by atoms with E-state index in [1.807, 2.05) is 79.3 Å². The van der Waals surface area contributed by atoms with E-state index < -0.39 is 6.17 Å². The average Bonchev–Trinajstić information content (AvgIpc) is 3.61. The van der Waals surface area contributed by atoms with Gasteiger partial charge in [0.1, 0.15) is 11.5 Å². The minimum Gasteiger partial charge on any atom is -0.403 e. The van der Waals surface area contributed by atoms with E-state index in [1.165, 1.54) is 0 Å². The predicted molar refractivity (Wildman–Crippen MR) is 153 cm³/mol. The van der Waals surface area contributed by atoms with E-state index in [9.17, 15) is 4.79 Å². The lowest BCUT2D eigenvalue weighted by molar-refractivity contribution is -0.116. The number of carbonyl (C=O) groups is 1. The first-order valence-electron chi connectivity index (χ1n) is 13.6. The highest BCUT2D eigenvalue weighted by molar-refractivity contribution is 6.19. The molecule has 2 aromatic carbocycles. The molecule has 11 heteroatoms. The number of hydrogen-bond acceptors (Lipinski definition) is 9. The Labute approximate surface area is 235 Å². The molecule has 0 unspecified atom stereocenters. The summed E-state index contributed by atoms with van der Waals surface area (Å²) in [5.41, 5.74) is 5.10. The number of anilines is 2. The van der Waals surface area contributed by atoms with Crippen LogP contribution in [-0.4, -0.2) is 47.7 Å². The van der Waals surface area contributed by atoms with Crippen molar-refractivity contribution in [2.45, 2.75) is 44.8 Å². The smallest absolute Gasteiger partial charge is 0.317 e. The van der Waals surface area contributed by atoms with Gasteiger partial charge in [-0.15, -0.1) is 5.10 Å². The Balaban J connectivity index is 1.22. The Bertz CT molecular complexity index is 1750. The summed E-state index contributed by atoms with van der Waals surface area (Å²) in [6.07, 6.45) is 6.71. The first kappa shape index (κ1) is 24.8. The average molecular weight is 546 g/mol. The van der Waals surface area contributed by atoms with Gasteiger partial charge in [-0.05, 0) is 32.8 Å². The van der Waals surface area contributed by atoms with Gasteiger partial charge in [0.05, 0.1) is 17.0 Å². The van der Waals surface area contributed by atoms with E-state index in [1.54, 1.807) is 12.4 Å². The fourth-order valence-electron chi connectivity index (χ4n) is 4.73. The molecule has 204 valence electrons. The third kappa shape index (κ3) is 4.86. The third-order valence-electron chi connectivity index (χ3n) is 7.06. The van der Waals surface area contributed by atoms with Crippen molar-refractivity contribution in [2.24, 2.45) is 4.99 Å². The number of benzene rings is 2. The number of nitrogens with one attached hydrogen (secondary N) is 2. The Hall–Kier alpha value is -5.19. The number of hydrogen-bond donors (Lipinski definition) is 2. The zero-order chi connectivity index (χ0) is 27.9. The molecule has 7 rings (SSSR count). The minimum absolute atomic E-state index is 0.0610. The van der Waals surface area contributed by atoms with E-state index in [0.29, 0.717) is 28.6 Å². The van der Waals surface area contributed by atoms with Crippen LogP contribution >= 0.6 is 0 Å². The van der Waals surface area contributed by atoms with Crippen LogP contribution in [-0.2, 0) is 4.79 Å². The van der Waals surface area contributed by atoms with Crippen LogP contribution in [0.2, 0.25) is 0 Å². The maximum atomic E-state index is 13.2. The van der Waals surface area contributed by atoms with Crippen LogP contribution in [0.5, 0.6) is 0 Å². The molecular weight excluding hydrogens is 518 g/mol. The fourth-order valence-corrected chi connectivity index (χ4v) is 4.73. The van der Waals surface area contributed by atoms with Crippen LogP contribution in [0.3, 0.4) is 0 Å². The van der Waals surface area contributed by atoms with Crippen LogP contribution < -0.4 is 10.6 Å². The highest BCUT2D eigenvalue weighted by Crippen LogP contribution is 2.38. The number of fused-ring (bicyclic) bond motifs is 1. The molecule has 2 aliphatic rings. The normalized spacial score (nSPS) is 16.6. The van der Waals surface area contributed by atoms with Gasteiger partial charge in [0, 0.05) is 47.2 Å². The molecule has 41 heavy (non-hydrogen) atoms. The molecule has 0 radical (unpaired) electrons. The number of amides is 1. The Morgan fingerprint density at radius 3 is 2.46 bits per heavy atom. The number of aliphatic imine (C=N–C) groups is 1. The molecule has 5 aromatic rings. The van der Waals surface area contributed by atoms with Gasteiger partial charge in [-0.1, -0.05) is 53.6 Å². The van der Waals surface area contributed by atoms with Gasteiger partial charge < -0.3 is 15.1 Å². The van der Waals surface area contributed by atoms with Gasteiger partial charge in [0.2, 0.25) is 6.17 Å². The van der Waals surface area contributed by atoms with Crippen LogP contribution in [0.25, 0.3) is 22.7 Å². The fraction of sp³-hybridized carbons (Fsp3) is 0.233. The number of carbonyl (C=O) groups excluding carboxylic acids is 1. The van der Waals surface area contributed by atoms with Crippen molar-refractivity contribution >= 4 is 23.3 Å². The van der Waals surface area contributed by atoms with E-state index in [-0.39, 0.29) is 23.9 Å². The second-order valence-corrected chi connectivity index (χ2v) is 10.4. The second kappa shape index (κ2) is 10.1. The standard InChI is InChI=1S/C30H27N9O2/c1-17(2)39-16-22(25(38-39)20-14-31-26(32-15-20)19-12-13-19)29-36-37-30(41-29)35-27-28(40)33-23-11-7-6-10-21(23)24(34-27)18-8-4-3-5-9-18/h3-11,14-17,19,27H,12-13H2,1-2H3,(H,33,40)(H,35,37)/t27-/m1/s1. The summed E-state index contributed by atoms with van der Waals surface area (Å²) in [7, 11) is 0. The van der Waals surface area contributed by atoms with Crippen molar-refractivity contribution in [3.05, 3.63) is 90.1 Å². The first-order chi connectivity index (χ1) is 20.0. The zero-order valence-electron chi connectivity index (χ0n) is 22.5. The maximum Gasteiger partial charge on any atom is 0.317 e. The molecule has 1 saturated carbocycles. The summed E-state index contributed by atoms with van der Waals surface area (Å²) in [4.78, 5) is 27.1. The van der Waals surface area contributed by atoms with Crippen molar-refractivity contribution in [1.29, 1.82) is 0 Å². The van der Waals surface area contributed by atoms with Gasteiger partial charge in [0.15, 0.2) is 0 Å². The maximum absolute atomic E-state index is 13.2. The molecule has 4 heterocycles. The molecule has 0 saturated heterocycles. The second-order valence-electron chi connectivity index (χ2n) is 10.4. The molecule has 3 aromatic heterocycles. The molecule has 1 fully saturated rings. The van der Waals surface area contributed by atoms with Crippen LogP contribution in [0.1, 0.15) is 55.6 Å². The highest BCUT2D eigenvalue weighted by atomic mass is 16.4. The molecule has 1 atom stereocenters. The van der Waals surface area contributed by atoms with Gasteiger partial charge in [-0.3, -0.25) is 9.48 Å². The molecular formula is C30H27N9O2. The van der Waals surface area contributed by atoms with Crippen molar-refractivity contribution in [3.63, 3.8) is 0 Å². The van der Waals surface area contributed by atoms with Gasteiger partial charge in [0.25, 0.3) is 11.8 Å². The SMILES string of the molecule is CC(C)n1cc(-c2nnc(N[C@H]3N=C(c4ccccc4)c4ccccc4NC3=O)o2)c(-c2cnc(C3CC3)nc2)n1. The summed E-state index contributed by atoms with van der Waals surface area (Å²) in [5.74, 6) is 1.23. The first-order valence-corrected chi connectivity index (χ1v) is 13.6. The molecule has 1 amide bonds. The lowest BCUT2D eigenvalue weighted by Gasteiger charge is -2.11. The van der Waals surface area contributed by atoms with Gasteiger partial charge in [-0.2, -0.15) is 5.10 Å². The Kier molecular flexibility index (Phi) is 6.11. The Morgan fingerprint density at radius 2 is 1.71 bits per heavy atom. The number of para-hydroxylation sites is 1. The number of rotatable bonds is 7. The minimum atomic E-state index is -1.01. The summed E-state index contributed by atoms with van der Waals surface area (Å²) < 4.78 is 7.87. The lowest BCUT2D eigenvalue weighted by Crippen LogP contribution is -2.32. The van der Waals surface area contributed by atoms with E-state index in [2.05, 4.69) is 30.8 Å². The highest BCUT2D eigenvalue weighted by Gasteiger charge is 2.29. The van der Waals surface area contributed by atoms with Gasteiger partial charge >= 0.3 is 6.01 Å². The summed E-state index contributed by atoms with van der Waals surface area (Å²) >= 11 is 0. The monoisotopic (exact) mass is 545 g/mol. The third-order valence-corrected chi connectivity index (χ3v) is 7.06. The van der Waals surface area contributed by atoms with Gasteiger partial charge in [-0.25, -0.2) is 15.0 Å². The van der Waals surface area contributed by atoms with E-state index in [4.69, 9.17) is 14.5 Å². The predicted octanol–water partition coefficient (Wildman–Crippen LogP) is 5.08. The Morgan fingerprint density at radius 1 is 0.951 bits per heavy atom. The van der Waals surface area contributed by atoms with Crippen molar-refractivity contribution in [3.8, 4) is 22.7 Å². The largest absolute Gasteiger partial charge is 0.403 e. The quantitative estimate of drug-likeness (QED) is 0.289. The van der Waals surface area contributed by atoms with Crippen LogP contribution in [0, 0.1) is 0 Å². The lowest BCUT2D eigenvalue weighted by atomic mass is 10.0. The zero-order valence-corrected chi connectivity index (χ0v) is 22.5. The van der Waals surface area contributed by atoms with Crippen molar-refractivity contribution < 1.29 is 9.21 Å². The number of nitrogens with zero attached hydrogens (tertiary/aromatic N) is 7. The summed E-state index contributed by atoms with van der Waals surface area (Å²) in [6.45, 7) is 4.08. The topological polar surface area (TPSA) is 136 Å². The van der Waals surface area contributed by atoms with E-state index in [0.717, 1.165) is 35.4 Å². The molecule has 1 aliphatic heterocycles. The summed E-state index contributed by atoms with van der Waals surface area (Å²) in [6, 6.07) is 17.5. The van der Waals surface area contributed by atoms with Crippen molar-refractivity contribution in [2.75, 3.05) is 10.6 Å². The van der Waals surface area contributed by atoms with Crippen molar-refractivity contribution in [1.82, 2.24) is 29.9 Å². The van der Waals surface area contributed by atoms with E-state index >= 15 is 0 Å². The molecule has 0 bridgehead atoms. The molecule has 11 nitrogen and oxygen atoms in total. The number of aromatic nitrogens is 6. The molecule has 0 spiro atoms. The van der Waals surface area contributed by atoms with Crippen LogP contribution in [0.15, 0.2) is 82.6 Å². The summed E-state index contributed by atoms with van der Waals surface area (Å²) in [5, 5.41) is 19.2.